The van der Waals surface area contributed by atoms with Crippen LogP contribution in [0.3, 0.4) is 0 Å². The zero-order valence-electron chi connectivity index (χ0n) is 21.1. The third kappa shape index (κ3) is 2.55. The summed E-state index contributed by atoms with van der Waals surface area (Å²) in [5.74, 6) is -1.62. The maximum Gasteiger partial charge on any atom is 0.251 e. The van der Waals surface area contributed by atoms with Crippen molar-refractivity contribution in [2.24, 2.45) is 5.92 Å². The maximum absolute atomic E-state index is 14.7. The molecule has 39 heavy (non-hydrogen) atoms. The Kier molecular flexibility index (Phi) is 4.47. The number of rotatable bonds is 2. The van der Waals surface area contributed by atoms with Crippen LogP contribution in [-0.2, 0) is 20.5 Å². The smallest absolute Gasteiger partial charge is 0.251 e. The summed E-state index contributed by atoms with van der Waals surface area (Å²) in [6.45, 7) is 2.50. The van der Waals surface area contributed by atoms with Crippen molar-refractivity contribution in [3.8, 4) is 0 Å². The zero-order chi connectivity index (χ0) is 26.7. The number of halogens is 1. The van der Waals surface area contributed by atoms with E-state index in [9.17, 15) is 14.4 Å². The lowest BCUT2D eigenvalue weighted by atomic mass is 9.57. The van der Waals surface area contributed by atoms with Crippen molar-refractivity contribution in [1.29, 1.82) is 0 Å². The van der Waals surface area contributed by atoms with E-state index in [-0.39, 0.29) is 29.4 Å². The third-order valence-electron chi connectivity index (χ3n) is 9.25. The lowest BCUT2D eigenvalue weighted by Gasteiger charge is -2.43. The number of amides is 2. The van der Waals surface area contributed by atoms with Crippen LogP contribution in [0, 0.1) is 12.8 Å². The molecule has 0 saturated carbocycles. The van der Waals surface area contributed by atoms with Gasteiger partial charge in [0.2, 0.25) is 11.7 Å². The molecule has 194 valence electrons. The molecule has 0 aliphatic carbocycles. The number of nitrogens with one attached hydrogen (secondary N) is 2. The van der Waals surface area contributed by atoms with Gasteiger partial charge in [0.25, 0.3) is 5.91 Å². The summed E-state index contributed by atoms with van der Waals surface area (Å²) in [6.07, 6.45) is 1.48. The monoisotopic (exact) mass is 537 g/mol. The van der Waals surface area contributed by atoms with Crippen molar-refractivity contribution in [1.82, 2.24) is 4.90 Å². The molecule has 8 heteroatoms. The topological polar surface area (TPSA) is 91.7 Å². The van der Waals surface area contributed by atoms with Crippen LogP contribution in [0.2, 0.25) is 5.02 Å². The predicted octanol–water partition coefficient (Wildman–Crippen LogP) is 5.41. The van der Waals surface area contributed by atoms with Crippen LogP contribution >= 0.6 is 11.6 Å². The second-order valence-electron chi connectivity index (χ2n) is 11.0. The van der Waals surface area contributed by atoms with Crippen LogP contribution in [0.1, 0.15) is 40.1 Å². The Bertz CT molecular complexity index is 1750. The molecule has 4 aliphatic heterocycles. The molecule has 0 bridgehead atoms. The number of furan rings is 1. The van der Waals surface area contributed by atoms with E-state index in [1.165, 1.54) is 0 Å². The Morgan fingerprint density at radius 3 is 2.64 bits per heavy atom. The number of nitrogens with zero attached hydrogens (tertiary/aromatic N) is 1. The van der Waals surface area contributed by atoms with Crippen LogP contribution < -0.4 is 10.6 Å². The first-order chi connectivity index (χ1) is 18.9. The fourth-order valence-corrected chi connectivity index (χ4v) is 8.35. The molecule has 7 nitrogen and oxygen atoms in total. The predicted molar refractivity (Wildman–Crippen MR) is 147 cm³/mol. The van der Waals surface area contributed by atoms with Crippen molar-refractivity contribution < 1.29 is 18.8 Å². The van der Waals surface area contributed by atoms with E-state index in [0.717, 1.165) is 17.4 Å². The van der Waals surface area contributed by atoms with Crippen LogP contribution in [0.25, 0.3) is 11.0 Å². The van der Waals surface area contributed by atoms with E-state index in [4.69, 9.17) is 16.0 Å². The number of Topliss-reactive ketones (excluding diaryl/α,β-unsaturated/α-hetero) is 1. The fraction of sp³-hybridized carbons (Fsp3) is 0.258. The molecule has 5 heterocycles. The van der Waals surface area contributed by atoms with E-state index in [0.29, 0.717) is 46.1 Å². The van der Waals surface area contributed by atoms with Gasteiger partial charge < -0.3 is 15.1 Å². The Hall–Kier alpha value is -3.94. The number of carbonyl (C=O) groups is 3. The van der Waals surface area contributed by atoms with Gasteiger partial charge in [0.15, 0.2) is 5.76 Å². The number of hydrogen-bond donors (Lipinski definition) is 2. The van der Waals surface area contributed by atoms with E-state index in [2.05, 4.69) is 15.5 Å². The summed E-state index contributed by atoms with van der Waals surface area (Å²) in [4.78, 5) is 45.9. The molecule has 2 fully saturated rings. The maximum atomic E-state index is 14.7. The molecule has 2 spiro atoms. The molecule has 2 N–H and O–H groups in total. The van der Waals surface area contributed by atoms with Gasteiger partial charge in [-0.05, 0) is 61.7 Å². The van der Waals surface area contributed by atoms with Crippen LogP contribution in [0.15, 0.2) is 71.1 Å². The average molecular weight is 538 g/mol. The van der Waals surface area contributed by atoms with Gasteiger partial charge in [-0.3, -0.25) is 19.3 Å². The molecule has 4 aromatic rings. The molecule has 3 aromatic carbocycles. The Labute approximate surface area is 229 Å². The van der Waals surface area contributed by atoms with E-state index in [1.54, 1.807) is 6.07 Å². The normalized spacial score (nSPS) is 28.7. The van der Waals surface area contributed by atoms with Gasteiger partial charge in [-0.25, -0.2) is 0 Å². The molecular weight excluding hydrogens is 514 g/mol. The average Bonchev–Trinajstić information content (AvgIpc) is 3.71. The number of hydrogen-bond acceptors (Lipinski definition) is 5. The lowest BCUT2D eigenvalue weighted by Crippen LogP contribution is -2.62. The molecule has 0 radical (unpaired) electrons. The number of fused-ring (bicyclic) bond motifs is 8. The molecule has 4 atom stereocenters. The highest BCUT2D eigenvalue weighted by Crippen LogP contribution is 2.68. The number of benzene rings is 3. The van der Waals surface area contributed by atoms with Gasteiger partial charge in [0.05, 0.1) is 16.6 Å². The molecule has 1 aromatic heterocycles. The molecular formula is C31H24ClN3O4. The SMILES string of the molecule is Cc1cc(Cl)c2c(c1)[C@]1(C(=O)N2)N2CCC[C@H]2[C@@H](C(=O)c2cc3ccccc3o2)[C@]12C(=O)Nc1ccccc12. The first-order valence-corrected chi connectivity index (χ1v) is 13.6. The first-order valence-electron chi connectivity index (χ1n) is 13.2. The summed E-state index contributed by atoms with van der Waals surface area (Å²) in [6, 6.07) is 20.0. The second kappa shape index (κ2) is 7.58. The molecule has 2 saturated heterocycles. The summed E-state index contributed by atoms with van der Waals surface area (Å²) in [7, 11) is 0. The third-order valence-corrected chi connectivity index (χ3v) is 9.55. The summed E-state index contributed by atoms with van der Waals surface area (Å²) < 4.78 is 6.08. The highest BCUT2D eigenvalue weighted by molar-refractivity contribution is 6.35. The zero-order valence-corrected chi connectivity index (χ0v) is 21.8. The van der Waals surface area contributed by atoms with E-state index in [1.807, 2.05) is 67.6 Å². The minimum absolute atomic E-state index is 0.197. The molecule has 8 rings (SSSR count). The minimum atomic E-state index is -1.53. The summed E-state index contributed by atoms with van der Waals surface area (Å²) >= 11 is 6.70. The number of anilines is 2. The quantitative estimate of drug-likeness (QED) is 0.334. The van der Waals surface area contributed by atoms with E-state index >= 15 is 0 Å². The number of aryl methyl sites for hydroxylation is 1. The van der Waals surface area contributed by atoms with Gasteiger partial charge in [-0.15, -0.1) is 0 Å². The van der Waals surface area contributed by atoms with Crippen molar-refractivity contribution in [3.05, 3.63) is 94.2 Å². The van der Waals surface area contributed by atoms with Gasteiger partial charge in [-0.1, -0.05) is 54.1 Å². The number of para-hydroxylation sites is 2. The first kappa shape index (κ1) is 23.0. The lowest BCUT2D eigenvalue weighted by molar-refractivity contribution is -0.137. The molecule has 0 unspecified atom stereocenters. The van der Waals surface area contributed by atoms with E-state index < -0.39 is 16.9 Å². The largest absolute Gasteiger partial charge is 0.453 e. The minimum Gasteiger partial charge on any atom is -0.453 e. The van der Waals surface area contributed by atoms with Crippen LogP contribution in [0.4, 0.5) is 11.4 Å². The highest BCUT2D eigenvalue weighted by Gasteiger charge is 2.81. The number of carbonyl (C=O) groups excluding carboxylic acids is 3. The fourth-order valence-electron chi connectivity index (χ4n) is 8.03. The number of ketones is 1. The Morgan fingerprint density at radius 1 is 1.00 bits per heavy atom. The summed E-state index contributed by atoms with van der Waals surface area (Å²) in [5, 5.41) is 7.32. The highest BCUT2D eigenvalue weighted by atomic mass is 35.5. The molecule has 2 amide bonds. The van der Waals surface area contributed by atoms with Crippen molar-refractivity contribution in [3.63, 3.8) is 0 Å². The van der Waals surface area contributed by atoms with Crippen molar-refractivity contribution >= 4 is 51.5 Å². The second-order valence-corrected chi connectivity index (χ2v) is 11.4. The Morgan fingerprint density at radius 2 is 1.79 bits per heavy atom. The van der Waals surface area contributed by atoms with Gasteiger partial charge >= 0.3 is 0 Å². The van der Waals surface area contributed by atoms with Crippen molar-refractivity contribution in [2.75, 3.05) is 17.2 Å². The molecule has 4 aliphatic rings. The van der Waals surface area contributed by atoms with Crippen LogP contribution in [-0.4, -0.2) is 35.1 Å². The Balaban J connectivity index is 1.48. The van der Waals surface area contributed by atoms with Gasteiger partial charge in [0.1, 0.15) is 16.5 Å². The van der Waals surface area contributed by atoms with Crippen LogP contribution in [0.5, 0.6) is 0 Å². The van der Waals surface area contributed by atoms with Gasteiger partial charge in [0, 0.05) is 22.7 Å². The summed E-state index contributed by atoms with van der Waals surface area (Å²) in [5.41, 5.74) is 0.916. The standard InChI is InChI=1S/C31H24ClN3O4/c1-16-13-19-26(20(32)14-16)34-29(38)31(19)30(18-8-3-4-9-21(18)33-28(30)37)25(22-10-6-12-35(22)31)27(36)24-15-17-7-2-5-11-23(17)39-24/h2-5,7-9,11,13-15,22,25H,6,10,12H2,1H3,(H,33,37)(H,34,38)/t22-,25-,30+,31+/m0/s1. The van der Waals surface area contributed by atoms with Gasteiger partial charge in [-0.2, -0.15) is 0 Å². The van der Waals surface area contributed by atoms with Crippen molar-refractivity contribution in [2.45, 2.75) is 36.8 Å².